The maximum Gasteiger partial charge on any atom is 0.201 e. The minimum Gasteiger partial charge on any atom is -0.351 e. The van der Waals surface area contributed by atoms with Gasteiger partial charge < -0.3 is 5.32 Å². The Labute approximate surface area is 119 Å². The highest BCUT2D eigenvalue weighted by Gasteiger charge is 2.30. The zero-order valence-corrected chi connectivity index (χ0v) is 11.2. The van der Waals surface area contributed by atoms with E-state index < -0.39 is 0 Å². The normalized spacial score (nSPS) is 14.7. The third-order valence-electron chi connectivity index (χ3n) is 3.25. The summed E-state index contributed by atoms with van der Waals surface area (Å²) in [6, 6.07) is 5.53. The molecule has 0 bridgehead atoms. The molecule has 0 radical (unpaired) electrons. The second kappa shape index (κ2) is 4.42. The molecule has 3 aromatic rings. The van der Waals surface area contributed by atoms with Crippen LogP contribution in [0.2, 0.25) is 5.15 Å². The van der Waals surface area contributed by atoms with Gasteiger partial charge in [0.05, 0.1) is 17.6 Å². The highest BCUT2D eigenvalue weighted by Crippen LogP contribution is 2.39. The molecule has 0 saturated heterocycles. The van der Waals surface area contributed by atoms with E-state index in [0.29, 0.717) is 16.7 Å². The molecule has 100 valence electrons. The average Bonchev–Trinajstić information content (AvgIpc) is 3.20. The van der Waals surface area contributed by atoms with Crippen LogP contribution in [-0.4, -0.2) is 24.8 Å². The fourth-order valence-corrected chi connectivity index (χ4v) is 2.33. The van der Waals surface area contributed by atoms with Gasteiger partial charge in [0.15, 0.2) is 11.0 Å². The van der Waals surface area contributed by atoms with Crippen molar-refractivity contribution >= 4 is 28.6 Å². The monoisotopic (exact) mass is 286 g/mol. The van der Waals surface area contributed by atoms with Gasteiger partial charge >= 0.3 is 0 Å². The third-order valence-corrected chi connectivity index (χ3v) is 3.43. The number of rotatable bonds is 3. The van der Waals surface area contributed by atoms with E-state index in [0.717, 1.165) is 30.0 Å². The van der Waals surface area contributed by atoms with Gasteiger partial charge in [-0.25, -0.2) is 0 Å². The van der Waals surface area contributed by atoms with E-state index in [4.69, 9.17) is 11.6 Å². The minimum absolute atomic E-state index is 0.408. The quantitative estimate of drug-likeness (QED) is 0.802. The molecule has 4 rings (SSSR count). The number of pyridine rings is 1. The van der Waals surface area contributed by atoms with E-state index in [1.165, 1.54) is 0 Å². The summed E-state index contributed by atoms with van der Waals surface area (Å²) >= 11 is 6.10. The Balaban J connectivity index is 1.82. The van der Waals surface area contributed by atoms with Crippen LogP contribution < -0.4 is 5.32 Å². The van der Waals surface area contributed by atoms with Crippen molar-refractivity contribution in [2.75, 3.05) is 5.32 Å². The number of halogens is 1. The van der Waals surface area contributed by atoms with Crippen LogP contribution in [0.1, 0.15) is 24.6 Å². The Kier molecular flexibility index (Phi) is 2.56. The maximum atomic E-state index is 6.10. The summed E-state index contributed by atoms with van der Waals surface area (Å²) in [5.41, 5.74) is 2.32. The van der Waals surface area contributed by atoms with Gasteiger partial charge in [-0.15, -0.1) is 10.2 Å². The van der Waals surface area contributed by atoms with E-state index in [1.807, 2.05) is 12.1 Å². The van der Waals surface area contributed by atoms with Crippen molar-refractivity contribution < 1.29 is 0 Å². The molecule has 7 heteroatoms. The van der Waals surface area contributed by atoms with Crippen LogP contribution in [0.5, 0.6) is 0 Å². The Morgan fingerprint density at radius 3 is 2.95 bits per heavy atom. The molecule has 6 nitrogen and oxygen atoms in total. The van der Waals surface area contributed by atoms with Gasteiger partial charge in [0.1, 0.15) is 0 Å². The average molecular weight is 287 g/mol. The Bertz CT molecular complexity index is 765. The number of aromatic nitrogens is 5. The van der Waals surface area contributed by atoms with Crippen molar-refractivity contribution in [1.82, 2.24) is 24.8 Å². The first-order valence-electron chi connectivity index (χ1n) is 6.40. The Morgan fingerprint density at radius 1 is 1.30 bits per heavy atom. The molecule has 0 aromatic carbocycles. The van der Waals surface area contributed by atoms with Crippen LogP contribution in [0, 0.1) is 0 Å². The van der Waals surface area contributed by atoms with Gasteiger partial charge in [-0.3, -0.25) is 4.98 Å². The van der Waals surface area contributed by atoms with Gasteiger partial charge in [-0.05, 0) is 25.0 Å². The van der Waals surface area contributed by atoms with Crippen molar-refractivity contribution in [2.45, 2.75) is 18.8 Å². The van der Waals surface area contributed by atoms with Crippen LogP contribution >= 0.6 is 11.6 Å². The summed E-state index contributed by atoms with van der Waals surface area (Å²) in [4.78, 5) is 4.07. The van der Waals surface area contributed by atoms with Gasteiger partial charge in [0, 0.05) is 18.2 Å². The molecule has 3 aromatic heterocycles. The molecule has 1 aliphatic rings. The van der Waals surface area contributed by atoms with Crippen LogP contribution in [0.15, 0.2) is 30.6 Å². The Hall–Kier alpha value is -2.21. The number of nitrogens with one attached hydrogen (secondary N) is 1. The molecule has 0 aliphatic heterocycles. The highest BCUT2D eigenvalue weighted by atomic mass is 35.5. The SMILES string of the molecule is Clc1cc(Nc2cccnc2)c2nnc(C3CC3)n2n1. The summed E-state index contributed by atoms with van der Waals surface area (Å²) < 4.78 is 1.73. The molecular formula is C13H11ClN6. The van der Waals surface area contributed by atoms with Crippen LogP contribution in [-0.2, 0) is 0 Å². The van der Waals surface area contributed by atoms with Gasteiger partial charge in [0.2, 0.25) is 5.65 Å². The third kappa shape index (κ3) is 1.98. The summed E-state index contributed by atoms with van der Waals surface area (Å²) in [5.74, 6) is 1.35. The second-order valence-corrected chi connectivity index (χ2v) is 5.20. The number of fused-ring (bicyclic) bond motifs is 1. The molecule has 3 heterocycles. The number of nitrogens with zero attached hydrogens (tertiary/aromatic N) is 5. The van der Waals surface area contributed by atoms with Crippen molar-refractivity contribution in [1.29, 1.82) is 0 Å². The fourth-order valence-electron chi connectivity index (χ4n) is 2.15. The molecule has 0 unspecified atom stereocenters. The van der Waals surface area contributed by atoms with E-state index in [-0.39, 0.29) is 0 Å². The molecule has 0 spiro atoms. The molecular weight excluding hydrogens is 276 g/mol. The number of hydrogen-bond acceptors (Lipinski definition) is 5. The van der Waals surface area contributed by atoms with E-state index >= 15 is 0 Å². The molecule has 1 N–H and O–H groups in total. The molecule has 0 amide bonds. The lowest BCUT2D eigenvalue weighted by Gasteiger charge is -2.07. The first-order chi connectivity index (χ1) is 9.81. The van der Waals surface area contributed by atoms with Gasteiger partial charge in [0.25, 0.3) is 0 Å². The predicted octanol–water partition coefficient (Wildman–Crippen LogP) is 2.79. The lowest BCUT2D eigenvalue weighted by atomic mass is 10.3. The predicted molar refractivity (Wildman–Crippen MR) is 75.3 cm³/mol. The summed E-state index contributed by atoms with van der Waals surface area (Å²) in [7, 11) is 0. The zero-order valence-electron chi connectivity index (χ0n) is 10.5. The van der Waals surface area contributed by atoms with Crippen LogP contribution in [0.25, 0.3) is 5.65 Å². The summed E-state index contributed by atoms with van der Waals surface area (Å²) in [5, 5.41) is 16.4. The fraction of sp³-hybridized carbons (Fsp3) is 0.231. The number of anilines is 2. The van der Waals surface area contributed by atoms with Crippen molar-refractivity contribution in [3.8, 4) is 0 Å². The van der Waals surface area contributed by atoms with E-state index in [2.05, 4.69) is 25.6 Å². The molecule has 1 saturated carbocycles. The Morgan fingerprint density at radius 2 is 2.20 bits per heavy atom. The van der Waals surface area contributed by atoms with E-state index in [1.54, 1.807) is 23.0 Å². The van der Waals surface area contributed by atoms with Crippen molar-refractivity contribution in [2.24, 2.45) is 0 Å². The number of hydrogen-bond donors (Lipinski definition) is 1. The van der Waals surface area contributed by atoms with Gasteiger partial charge in [-0.2, -0.15) is 9.61 Å². The first-order valence-corrected chi connectivity index (χ1v) is 6.78. The smallest absolute Gasteiger partial charge is 0.201 e. The van der Waals surface area contributed by atoms with Crippen molar-refractivity contribution in [3.05, 3.63) is 41.6 Å². The lowest BCUT2D eigenvalue weighted by molar-refractivity contribution is 0.815. The summed E-state index contributed by atoms with van der Waals surface area (Å²) in [6.45, 7) is 0. The largest absolute Gasteiger partial charge is 0.351 e. The van der Waals surface area contributed by atoms with E-state index in [9.17, 15) is 0 Å². The zero-order chi connectivity index (χ0) is 13.5. The topological polar surface area (TPSA) is 68.0 Å². The second-order valence-electron chi connectivity index (χ2n) is 4.82. The standard InChI is InChI=1S/C13H11ClN6/c14-11-6-10(16-9-2-1-5-15-7-9)13-18-17-12(8-3-4-8)20(13)19-11/h1-2,5-8,16H,3-4H2. The lowest BCUT2D eigenvalue weighted by Crippen LogP contribution is -2.01. The molecule has 1 fully saturated rings. The maximum absolute atomic E-state index is 6.10. The molecule has 20 heavy (non-hydrogen) atoms. The molecule has 0 atom stereocenters. The summed E-state index contributed by atoms with van der Waals surface area (Å²) in [6.07, 6.45) is 5.74. The highest BCUT2D eigenvalue weighted by molar-refractivity contribution is 6.29. The van der Waals surface area contributed by atoms with Gasteiger partial charge in [-0.1, -0.05) is 11.6 Å². The minimum atomic E-state index is 0.408. The van der Waals surface area contributed by atoms with Crippen LogP contribution in [0.4, 0.5) is 11.4 Å². The van der Waals surface area contributed by atoms with Crippen molar-refractivity contribution in [3.63, 3.8) is 0 Å². The van der Waals surface area contributed by atoms with Crippen LogP contribution in [0.3, 0.4) is 0 Å². The first kappa shape index (κ1) is 11.6. The molecule has 1 aliphatic carbocycles.